The molecular formula is C16H11FN4. The van der Waals surface area contributed by atoms with Gasteiger partial charge in [-0.3, -0.25) is 0 Å². The second-order valence-corrected chi connectivity index (χ2v) is 4.74. The van der Waals surface area contributed by atoms with E-state index in [4.69, 9.17) is 0 Å². The Morgan fingerprint density at radius 1 is 0.905 bits per heavy atom. The maximum atomic E-state index is 14.0. The van der Waals surface area contributed by atoms with Gasteiger partial charge in [0.1, 0.15) is 5.82 Å². The molecular weight excluding hydrogens is 267 g/mol. The highest BCUT2D eigenvalue weighted by Crippen LogP contribution is 2.31. The average Bonchev–Trinajstić information content (AvgIpc) is 3.15. The number of rotatable bonds is 2. The van der Waals surface area contributed by atoms with E-state index in [9.17, 15) is 4.39 Å². The van der Waals surface area contributed by atoms with E-state index in [0.29, 0.717) is 11.3 Å². The standard InChI is InChI=1S/C16H11FN4/c17-12-4-2-1-3-11(12)16-15(20-9-21-16)10-5-6-13-14(7-10)19-8-18-13/h1-9H,(H,18,19)(H,20,21). The SMILES string of the molecule is Fc1ccccc1-c1[nH]cnc1-c1ccc2nc[nH]c2c1. The largest absolute Gasteiger partial charge is 0.345 e. The molecule has 0 spiro atoms. The van der Waals surface area contributed by atoms with Crippen molar-refractivity contribution in [3.05, 3.63) is 60.9 Å². The topological polar surface area (TPSA) is 57.4 Å². The minimum absolute atomic E-state index is 0.273. The normalized spacial score (nSPS) is 11.1. The Balaban J connectivity index is 1.90. The van der Waals surface area contributed by atoms with Crippen molar-refractivity contribution in [3.8, 4) is 22.5 Å². The molecule has 0 atom stereocenters. The highest BCUT2D eigenvalue weighted by molar-refractivity contribution is 5.85. The minimum Gasteiger partial charge on any atom is -0.345 e. The Morgan fingerprint density at radius 3 is 2.67 bits per heavy atom. The summed E-state index contributed by atoms with van der Waals surface area (Å²) in [4.78, 5) is 14.6. The van der Waals surface area contributed by atoms with Crippen LogP contribution in [0.1, 0.15) is 0 Å². The summed E-state index contributed by atoms with van der Waals surface area (Å²) >= 11 is 0. The Kier molecular flexibility index (Phi) is 2.57. The summed E-state index contributed by atoms with van der Waals surface area (Å²) in [5.74, 6) is -0.273. The van der Waals surface area contributed by atoms with Crippen LogP contribution in [0.5, 0.6) is 0 Å². The van der Waals surface area contributed by atoms with Gasteiger partial charge < -0.3 is 9.97 Å². The fraction of sp³-hybridized carbons (Fsp3) is 0. The van der Waals surface area contributed by atoms with Gasteiger partial charge >= 0.3 is 0 Å². The van der Waals surface area contributed by atoms with Crippen LogP contribution in [0.2, 0.25) is 0 Å². The summed E-state index contributed by atoms with van der Waals surface area (Å²) in [6, 6.07) is 12.5. The van der Waals surface area contributed by atoms with Crippen molar-refractivity contribution in [1.29, 1.82) is 0 Å². The number of imidazole rings is 2. The molecule has 0 unspecified atom stereocenters. The van der Waals surface area contributed by atoms with Crippen LogP contribution in [0.25, 0.3) is 33.5 Å². The summed E-state index contributed by atoms with van der Waals surface area (Å²) in [6.07, 6.45) is 3.23. The number of benzene rings is 2. The first-order valence-electron chi connectivity index (χ1n) is 6.55. The molecule has 0 saturated carbocycles. The van der Waals surface area contributed by atoms with Crippen LogP contribution < -0.4 is 0 Å². The first-order valence-corrected chi connectivity index (χ1v) is 6.55. The third-order valence-corrected chi connectivity index (χ3v) is 3.48. The number of aromatic amines is 2. The van der Waals surface area contributed by atoms with E-state index in [-0.39, 0.29) is 5.82 Å². The zero-order valence-electron chi connectivity index (χ0n) is 11.0. The number of nitrogens with one attached hydrogen (secondary N) is 2. The molecule has 0 aliphatic carbocycles. The van der Waals surface area contributed by atoms with Crippen molar-refractivity contribution in [2.45, 2.75) is 0 Å². The molecule has 4 nitrogen and oxygen atoms in total. The van der Waals surface area contributed by atoms with Crippen molar-refractivity contribution in [1.82, 2.24) is 19.9 Å². The predicted molar refractivity (Wildman–Crippen MR) is 79.1 cm³/mol. The van der Waals surface area contributed by atoms with Gasteiger partial charge in [-0.1, -0.05) is 18.2 Å². The molecule has 0 fully saturated rings. The number of halogens is 1. The molecule has 5 heteroatoms. The van der Waals surface area contributed by atoms with Crippen molar-refractivity contribution in [2.75, 3.05) is 0 Å². The Labute approximate surface area is 119 Å². The molecule has 21 heavy (non-hydrogen) atoms. The second-order valence-electron chi connectivity index (χ2n) is 4.74. The maximum Gasteiger partial charge on any atom is 0.132 e. The quantitative estimate of drug-likeness (QED) is 0.586. The summed E-state index contributed by atoms with van der Waals surface area (Å²) in [5.41, 5.74) is 4.63. The molecule has 2 heterocycles. The van der Waals surface area contributed by atoms with Gasteiger partial charge in [-0.2, -0.15) is 0 Å². The van der Waals surface area contributed by atoms with Gasteiger partial charge in [-0.05, 0) is 24.3 Å². The van der Waals surface area contributed by atoms with Crippen molar-refractivity contribution in [3.63, 3.8) is 0 Å². The minimum atomic E-state index is -0.273. The van der Waals surface area contributed by atoms with Gasteiger partial charge in [0, 0.05) is 11.1 Å². The van der Waals surface area contributed by atoms with Crippen LogP contribution in [-0.4, -0.2) is 19.9 Å². The highest BCUT2D eigenvalue weighted by Gasteiger charge is 2.14. The summed E-state index contributed by atoms with van der Waals surface area (Å²) in [7, 11) is 0. The third-order valence-electron chi connectivity index (χ3n) is 3.48. The van der Waals surface area contributed by atoms with Gasteiger partial charge in [0.25, 0.3) is 0 Å². The van der Waals surface area contributed by atoms with Crippen LogP contribution in [0.4, 0.5) is 4.39 Å². The predicted octanol–water partition coefficient (Wildman–Crippen LogP) is 3.76. The van der Waals surface area contributed by atoms with E-state index in [1.54, 1.807) is 30.9 Å². The monoisotopic (exact) mass is 278 g/mol. The molecule has 102 valence electrons. The number of H-pyrrole nitrogens is 2. The zero-order chi connectivity index (χ0) is 14.2. The molecule has 2 N–H and O–H groups in total. The fourth-order valence-corrected chi connectivity index (χ4v) is 2.47. The van der Waals surface area contributed by atoms with Crippen LogP contribution in [0.15, 0.2) is 55.1 Å². The van der Waals surface area contributed by atoms with Crippen LogP contribution >= 0.6 is 0 Å². The Hall–Kier alpha value is -2.95. The Bertz CT molecular complexity index is 923. The van der Waals surface area contributed by atoms with E-state index in [1.165, 1.54) is 6.07 Å². The van der Waals surface area contributed by atoms with E-state index in [1.807, 2.05) is 18.2 Å². The lowest BCUT2D eigenvalue weighted by atomic mass is 10.0. The van der Waals surface area contributed by atoms with E-state index >= 15 is 0 Å². The van der Waals surface area contributed by atoms with E-state index in [0.717, 1.165) is 22.3 Å². The van der Waals surface area contributed by atoms with Crippen LogP contribution in [0, 0.1) is 5.82 Å². The molecule has 0 bridgehead atoms. The molecule has 0 aliphatic heterocycles. The Morgan fingerprint density at radius 2 is 1.76 bits per heavy atom. The lowest BCUT2D eigenvalue weighted by Gasteiger charge is -2.04. The van der Waals surface area contributed by atoms with E-state index < -0.39 is 0 Å². The first kappa shape index (κ1) is 11.8. The molecule has 4 rings (SSSR count). The highest BCUT2D eigenvalue weighted by atomic mass is 19.1. The molecule has 0 radical (unpaired) electrons. The second kappa shape index (κ2) is 4.56. The van der Waals surface area contributed by atoms with Gasteiger partial charge in [0.2, 0.25) is 0 Å². The van der Waals surface area contributed by atoms with Crippen molar-refractivity contribution >= 4 is 11.0 Å². The number of nitrogens with zero attached hydrogens (tertiary/aromatic N) is 2. The van der Waals surface area contributed by atoms with Gasteiger partial charge in [-0.25, -0.2) is 14.4 Å². The summed E-state index contributed by atoms with van der Waals surface area (Å²) in [6.45, 7) is 0. The van der Waals surface area contributed by atoms with Gasteiger partial charge in [-0.15, -0.1) is 0 Å². The van der Waals surface area contributed by atoms with Gasteiger partial charge in [0.15, 0.2) is 0 Å². The summed E-state index contributed by atoms with van der Waals surface area (Å²) < 4.78 is 14.0. The number of hydrogen-bond acceptors (Lipinski definition) is 2. The van der Waals surface area contributed by atoms with Gasteiger partial charge in [0.05, 0.1) is 35.1 Å². The zero-order valence-corrected chi connectivity index (χ0v) is 11.0. The third kappa shape index (κ3) is 1.90. The lowest BCUT2D eigenvalue weighted by molar-refractivity contribution is 0.631. The molecule has 0 saturated heterocycles. The first-order chi connectivity index (χ1) is 10.3. The van der Waals surface area contributed by atoms with Crippen molar-refractivity contribution in [2.24, 2.45) is 0 Å². The molecule has 2 aromatic heterocycles. The van der Waals surface area contributed by atoms with E-state index in [2.05, 4.69) is 19.9 Å². The number of aromatic nitrogens is 4. The van der Waals surface area contributed by atoms with Crippen molar-refractivity contribution < 1.29 is 4.39 Å². The molecule has 2 aromatic carbocycles. The maximum absolute atomic E-state index is 14.0. The number of fused-ring (bicyclic) bond motifs is 1. The average molecular weight is 278 g/mol. The lowest BCUT2D eigenvalue weighted by Crippen LogP contribution is -1.87. The molecule has 0 aliphatic rings. The summed E-state index contributed by atoms with van der Waals surface area (Å²) in [5, 5.41) is 0. The van der Waals surface area contributed by atoms with Crippen LogP contribution in [-0.2, 0) is 0 Å². The fourth-order valence-electron chi connectivity index (χ4n) is 2.47. The number of hydrogen-bond donors (Lipinski definition) is 2. The molecule has 0 amide bonds. The van der Waals surface area contributed by atoms with Crippen LogP contribution in [0.3, 0.4) is 0 Å². The smallest absolute Gasteiger partial charge is 0.132 e. The molecule has 4 aromatic rings.